The van der Waals surface area contributed by atoms with Crippen LogP contribution in [0.3, 0.4) is 0 Å². The summed E-state index contributed by atoms with van der Waals surface area (Å²) in [5, 5.41) is 4.36. The minimum absolute atomic E-state index is 0.0128. The quantitative estimate of drug-likeness (QED) is 0.694. The van der Waals surface area contributed by atoms with Crippen LogP contribution in [0.1, 0.15) is 64.9 Å². The molecule has 2 saturated heterocycles. The molecule has 0 spiro atoms. The van der Waals surface area contributed by atoms with Gasteiger partial charge < -0.3 is 14.6 Å². The Kier molecular flexibility index (Phi) is 6.87. The Morgan fingerprint density at radius 2 is 1.84 bits per heavy atom. The lowest BCUT2D eigenvalue weighted by molar-refractivity contribution is -0.153. The fourth-order valence-corrected chi connectivity index (χ4v) is 5.51. The van der Waals surface area contributed by atoms with Gasteiger partial charge in [-0.3, -0.25) is 9.59 Å². The first-order chi connectivity index (χ1) is 15.4. The zero-order chi connectivity index (χ0) is 22.7. The van der Waals surface area contributed by atoms with Gasteiger partial charge in [-0.05, 0) is 37.2 Å². The normalized spacial score (nSPS) is 25.4. The number of likely N-dealkylation sites (tertiary alicyclic amines) is 2. The zero-order valence-corrected chi connectivity index (χ0v) is 19.8. The summed E-state index contributed by atoms with van der Waals surface area (Å²) in [4.78, 5) is 36.3. The van der Waals surface area contributed by atoms with Crippen molar-refractivity contribution in [2.45, 2.75) is 65.4 Å². The number of piperidine rings is 2. The van der Waals surface area contributed by atoms with E-state index in [1.54, 1.807) is 0 Å². The molecule has 0 radical (unpaired) electrons. The van der Waals surface area contributed by atoms with Gasteiger partial charge in [0.1, 0.15) is 6.10 Å². The highest BCUT2D eigenvalue weighted by molar-refractivity contribution is 6.01. The van der Waals surface area contributed by atoms with Crippen molar-refractivity contribution in [3.63, 3.8) is 0 Å². The third kappa shape index (κ3) is 4.84. The molecule has 3 aliphatic rings. The van der Waals surface area contributed by atoms with E-state index in [4.69, 9.17) is 4.84 Å². The Balaban J connectivity index is 1.48. The van der Waals surface area contributed by atoms with Crippen molar-refractivity contribution in [1.82, 2.24) is 9.80 Å². The van der Waals surface area contributed by atoms with Gasteiger partial charge in [-0.25, -0.2) is 0 Å². The molecule has 2 atom stereocenters. The first-order valence-corrected chi connectivity index (χ1v) is 12.2. The monoisotopic (exact) mass is 439 g/mol. The summed E-state index contributed by atoms with van der Waals surface area (Å²) in [5.41, 5.74) is 1.56. The first-order valence-electron chi connectivity index (χ1n) is 12.2. The van der Waals surface area contributed by atoms with Crippen LogP contribution in [0.4, 0.5) is 0 Å². The molecule has 6 heteroatoms. The van der Waals surface area contributed by atoms with Crippen molar-refractivity contribution in [1.29, 1.82) is 0 Å². The number of carbonyl (C=O) groups is 2. The van der Waals surface area contributed by atoms with Crippen molar-refractivity contribution < 1.29 is 14.4 Å². The average molecular weight is 440 g/mol. The minimum atomic E-state index is -0.475. The second-order valence-electron chi connectivity index (χ2n) is 10.3. The van der Waals surface area contributed by atoms with E-state index in [1.807, 2.05) is 36.9 Å². The maximum atomic E-state index is 13.9. The van der Waals surface area contributed by atoms with Crippen LogP contribution in [0.5, 0.6) is 0 Å². The Hall–Kier alpha value is -2.37. The lowest BCUT2D eigenvalue weighted by Gasteiger charge is -2.45. The van der Waals surface area contributed by atoms with Crippen LogP contribution in [0.2, 0.25) is 0 Å². The Morgan fingerprint density at radius 3 is 2.50 bits per heavy atom. The fourth-order valence-electron chi connectivity index (χ4n) is 5.51. The molecule has 174 valence electrons. The molecule has 6 nitrogen and oxygen atoms in total. The first kappa shape index (κ1) is 22.8. The number of carbonyl (C=O) groups excluding carboxylic acids is 2. The summed E-state index contributed by atoms with van der Waals surface area (Å²) in [6, 6.07) is 10.1. The Morgan fingerprint density at radius 1 is 1.12 bits per heavy atom. The lowest BCUT2D eigenvalue weighted by atomic mass is 9.71. The summed E-state index contributed by atoms with van der Waals surface area (Å²) < 4.78 is 0. The van der Waals surface area contributed by atoms with Crippen LogP contribution in [-0.4, -0.2) is 59.6 Å². The van der Waals surface area contributed by atoms with Crippen molar-refractivity contribution in [3.8, 4) is 0 Å². The molecule has 4 rings (SSSR count). The van der Waals surface area contributed by atoms with E-state index < -0.39 is 5.41 Å². The van der Waals surface area contributed by atoms with Crippen LogP contribution in [0, 0.1) is 17.3 Å². The second-order valence-corrected chi connectivity index (χ2v) is 10.3. The number of benzene rings is 1. The third-order valence-corrected chi connectivity index (χ3v) is 7.38. The number of oxime groups is 1. The molecular formula is C26H37N3O3. The molecular weight excluding hydrogens is 402 g/mol. The molecule has 0 aromatic heterocycles. The molecule has 1 aromatic rings. The van der Waals surface area contributed by atoms with Gasteiger partial charge in [-0.2, -0.15) is 0 Å². The summed E-state index contributed by atoms with van der Waals surface area (Å²) in [6.07, 6.45) is 4.97. The molecule has 32 heavy (non-hydrogen) atoms. The molecule has 2 fully saturated rings. The number of rotatable bonds is 5. The molecule has 0 bridgehead atoms. The average Bonchev–Trinajstić information content (AvgIpc) is 3.27. The van der Waals surface area contributed by atoms with Crippen LogP contribution >= 0.6 is 0 Å². The van der Waals surface area contributed by atoms with Gasteiger partial charge in [-0.1, -0.05) is 56.3 Å². The molecule has 0 saturated carbocycles. The standard InChI is InChI=1S/C26H37N3O3/c1-19(2)24(30)28-14-11-26(12-15-28,25(31)29-13-7-8-20(3)18-29)17-22-16-23(27-32-22)21-9-5-4-6-10-21/h4-6,9-10,19-20,22H,7-8,11-18H2,1-3H3/t20-,22-/m0/s1. The highest BCUT2D eigenvalue weighted by Gasteiger charge is 2.47. The number of nitrogens with zero attached hydrogens (tertiary/aromatic N) is 3. The SMILES string of the molecule is CC(C)C(=O)N1CCC(C[C@@H]2CC(c3ccccc3)=NO2)(C(=O)N2CCC[C@H](C)C2)CC1. The van der Waals surface area contributed by atoms with E-state index in [0.717, 1.165) is 37.2 Å². The van der Waals surface area contributed by atoms with E-state index in [0.29, 0.717) is 38.3 Å². The van der Waals surface area contributed by atoms with Gasteiger partial charge in [0.15, 0.2) is 0 Å². The predicted octanol–water partition coefficient (Wildman–Crippen LogP) is 4.09. The van der Waals surface area contributed by atoms with E-state index in [-0.39, 0.29) is 23.8 Å². The fraction of sp³-hybridized carbons (Fsp3) is 0.654. The van der Waals surface area contributed by atoms with Crippen molar-refractivity contribution >= 4 is 17.5 Å². The molecule has 1 aromatic carbocycles. The van der Waals surface area contributed by atoms with Crippen LogP contribution in [0.25, 0.3) is 0 Å². The predicted molar refractivity (Wildman–Crippen MR) is 125 cm³/mol. The molecule has 2 amide bonds. The van der Waals surface area contributed by atoms with Gasteiger partial charge in [0.25, 0.3) is 0 Å². The van der Waals surface area contributed by atoms with E-state index in [1.165, 1.54) is 6.42 Å². The highest BCUT2D eigenvalue weighted by Crippen LogP contribution is 2.41. The summed E-state index contributed by atoms with van der Waals surface area (Å²) in [7, 11) is 0. The van der Waals surface area contributed by atoms with Gasteiger partial charge in [0, 0.05) is 44.9 Å². The van der Waals surface area contributed by atoms with Gasteiger partial charge in [-0.15, -0.1) is 0 Å². The molecule has 0 N–H and O–H groups in total. The molecule has 3 heterocycles. The molecule has 0 unspecified atom stereocenters. The maximum absolute atomic E-state index is 13.9. The van der Waals surface area contributed by atoms with Crippen molar-refractivity contribution in [3.05, 3.63) is 35.9 Å². The topological polar surface area (TPSA) is 62.2 Å². The van der Waals surface area contributed by atoms with E-state index >= 15 is 0 Å². The van der Waals surface area contributed by atoms with Gasteiger partial charge in [0.2, 0.25) is 11.8 Å². The second kappa shape index (κ2) is 9.63. The summed E-state index contributed by atoms with van der Waals surface area (Å²) in [6.45, 7) is 9.09. The van der Waals surface area contributed by atoms with Crippen LogP contribution in [-0.2, 0) is 14.4 Å². The minimum Gasteiger partial charge on any atom is -0.392 e. The molecule has 0 aliphatic carbocycles. The van der Waals surface area contributed by atoms with Crippen LogP contribution < -0.4 is 0 Å². The zero-order valence-electron chi connectivity index (χ0n) is 19.8. The smallest absolute Gasteiger partial charge is 0.229 e. The number of hydrogen-bond donors (Lipinski definition) is 0. The van der Waals surface area contributed by atoms with Gasteiger partial charge in [0.05, 0.1) is 11.1 Å². The Bertz CT molecular complexity index is 843. The molecule has 3 aliphatic heterocycles. The summed E-state index contributed by atoms with van der Waals surface area (Å²) >= 11 is 0. The highest BCUT2D eigenvalue weighted by atomic mass is 16.6. The Labute approximate surface area is 192 Å². The van der Waals surface area contributed by atoms with Crippen LogP contribution in [0.15, 0.2) is 35.5 Å². The van der Waals surface area contributed by atoms with Gasteiger partial charge >= 0.3 is 0 Å². The third-order valence-electron chi connectivity index (χ3n) is 7.38. The number of amides is 2. The van der Waals surface area contributed by atoms with Crippen molar-refractivity contribution in [2.24, 2.45) is 22.4 Å². The van der Waals surface area contributed by atoms with Crippen molar-refractivity contribution in [2.75, 3.05) is 26.2 Å². The van der Waals surface area contributed by atoms with E-state index in [2.05, 4.69) is 29.1 Å². The summed E-state index contributed by atoms with van der Waals surface area (Å²) in [5.74, 6) is 0.978. The largest absolute Gasteiger partial charge is 0.392 e. The maximum Gasteiger partial charge on any atom is 0.229 e. The van der Waals surface area contributed by atoms with E-state index in [9.17, 15) is 9.59 Å². The number of hydrogen-bond acceptors (Lipinski definition) is 4. The lowest BCUT2D eigenvalue weighted by Crippen LogP contribution is -2.54.